The van der Waals surface area contributed by atoms with Gasteiger partial charge in [-0.25, -0.2) is 0 Å². The van der Waals surface area contributed by atoms with Gasteiger partial charge in [-0.3, -0.25) is 9.89 Å². The van der Waals surface area contributed by atoms with Crippen LogP contribution in [-0.4, -0.2) is 37.5 Å². The molecule has 3 aromatic rings. The molecule has 1 aliphatic rings. The lowest BCUT2D eigenvalue weighted by Gasteiger charge is -2.24. The average molecular weight is 380 g/mol. The highest BCUT2D eigenvalue weighted by atomic mass is 16.5. The molecule has 0 saturated carbocycles. The third-order valence-corrected chi connectivity index (χ3v) is 4.89. The summed E-state index contributed by atoms with van der Waals surface area (Å²) in [4.78, 5) is 12.2. The number of rotatable bonds is 5. The summed E-state index contributed by atoms with van der Waals surface area (Å²) in [5.74, 6) is 1.63. The third kappa shape index (κ3) is 2.94. The molecule has 2 aromatic carbocycles. The summed E-state index contributed by atoms with van der Waals surface area (Å²) < 4.78 is 21.6. The molecule has 2 heterocycles. The van der Waals surface area contributed by atoms with Crippen molar-refractivity contribution in [2.75, 3.05) is 21.3 Å². The van der Waals surface area contributed by atoms with Gasteiger partial charge < -0.3 is 18.9 Å². The van der Waals surface area contributed by atoms with E-state index >= 15 is 0 Å². The van der Waals surface area contributed by atoms with E-state index in [1.807, 2.05) is 42.5 Å². The van der Waals surface area contributed by atoms with Gasteiger partial charge in [0.25, 0.3) is 0 Å². The van der Waals surface area contributed by atoms with Crippen LogP contribution in [0, 0.1) is 0 Å². The number of fused-ring (bicyclic) bond motifs is 1. The lowest BCUT2D eigenvalue weighted by atomic mass is 9.85. The van der Waals surface area contributed by atoms with Crippen molar-refractivity contribution in [2.24, 2.45) is 0 Å². The fraction of sp³-hybridized carbons (Fsp3) is 0.238. The van der Waals surface area contributed by atoms with Gasteiger partial charge in [-0.2, -0.15) is 0 Å². The monoisotopic (exact) mass is 380 g/mol. The number of carbonyl (C=O) groups is 1. The average Bonchev–Trinajstić information content (AvgIpc) is 3.16. The van der Waals surface area contributed by atoms with Crippen molar-refractivity contribution in [3.8, 4) is 34.4 Å². The first-order valence-electron chi connectivity index (χ1n) is 8.80. The Hall–Kier alpha value is -3.48. The predicted octanol–water partition coefficient (Wildman–Crippen LogP) is 3.54. The van der Waals surface area contributed by atoms with Crippen molar-refractivity contribution >= 4 is 5.97 Å². The number of ether oxygens (including phenoxy) is 4. The number of carbonyl (C=O) groups excluding carboxylic acids is 1. The molecule has 144 valence electrons. The Labute approximate surface area is 162 Å². The quantitative estimate of drug-likeness (QED) is 0.682. The SMILES string of the molecule is COc1ccc(-c2[nH]nc3c2[C@@H](c2cccc(OC)c2OC)CC(=O)O3)cc1. The molecule has 0 aliphatic carbocycles. The molecule has 0 radical (unpaired) electrons. The molecule has 1 aliphatic heterocycles. The maximum atomic E-state index is 12.2. The minimum atomic E-state index is -0.338. The number of benzene rings is 2. The zero-order valence-electron chi connectivity index (χ0n) is 15.8. The fourth-order valence-electron chi connectivity index (χ4n) is 3.58. The van der Waals surface area contributed by atoms with Crippen molar-refractivity contribution in [3.63, 3.8) is 0 Å². The zero-order chi connectivity index (χ0) is 19.7. The van der Waals surface area contributed by atoms with E-state index in [4.69, 9.17) is 18.9 Å². The van der Waals surface area contributed by atoms with Gasteiger partial charge in [0.1, 0.15) is 5.75 Å². The standard InChI is InChI=1S/C21H20N2O5/c1-25-13-9-7-12(8-10-13)19-18-15(11-17(24)28-21(18)23-22-19)14-5-4-6-16(26-2)20(14)27-3/h4-10,15H,11H2,1-3H3,(H,22,23)/t15-/m1/s1. The number of hydrogen-bond donors (Lipinski definition) is 1. The number of methoxy groups -OCH3 is 3. The van der Waals surface area contributed by atoms with Crippen molar-refractivity contribution in [1.82, 2.24) is 10.2 Å². The van der Waals surface area contributed by atoms with E-state index in [1.165, 1.54) is 0 Å². The van der Waals surface area contributed by atoms with Gasteiger partial charge in [0, 0.05) is 17.0 Å². The van der Waals surface area contributed by atoms with E-state index in [1.54, 1.807) is 21.3 Å². The number of esters is 1. The second-order valence-electron chi connectivity index (χ2n) is 6.36. The smallest absolute Gasteiger partial charge is 0.313 e. The minimum absolute atomic E-state index is 0.180. The Balaban J connectivity index is 1.87. The molecule has 1 N–H and O–H groups in total. The molecule has 7 nitrogen and oxygen atoms in total. The van der Waals surface area contributed by atoms with Crippen LogP contribution < -0.4 is 18.9 Å². The van der Waals surface area contributed by atoms with Crippen molar-refractivity contribution in [3.05, 3.63) is 53.6 Å². The Kier molecular flexibility index (Phi) is 4.65. The molecular formula is C21H20N2O5. The highest BCUT2D eigenvalue weighted by Crippen LogP contribution is 2.47. The highest BCUT2D eigenvalue weighted by Gasteiger charge is 2.36. The van der Waals surface area contributed by atoms with Crippen molar-refractivity contribution in [2.45, 2.75) is 12.3 Å². The summed E-state index contributed by atoms with van der Waals surface area (Å²) in [6.07, 6.45) is 0.180. The first-order chi connectivity index (χ1) is 13.7. The van der Waals surface area contributed by atoms with Gasteiger partial charge >= 0.3 is 5.97 Å². The van der Waals surface area contributed by atoms with Gasteiger partial charge in [0.2, 0.25) is 5.88 Å². The van der Waals surface area contributed by atoms with Crippen molar-refractivity contribution < 1.29 is 23.7 Å². The van der Waals surface area contributed by atoms with Gasteiger partial charge in [0.05, 0.1) is 39.0 Å². The molecule has 4 rings (SSSR count). The number of H-pyrrole nitrogens is 1. The zero-order valence-corrected chi connectivity index (χ0v) is 15.8. The molecule has 7 heteroatoms. The van der Waals surface area contributed by atoms with Crippen LogP contribution in [-0.2, 0) is 4.79 Å². The summed E-state index contributed by atoms with van der Waals surface area (Å²) in [5, 5.41) is 7.24. The van der Waals surface area contributed by atoms with Crippen LogP contribution in [0.2, 0.25) is 0 Å². The van der Waals surface area contributed by atoms with Gasteiger partial charge in [-0.1, -0.05) is 12.1 Å². The van der Waals surface area contributed by atoms with Gasteiger partial charge in [-0.15, -0.1) is 5.10 Å². The summed E-state index contributed by atoms with van der Waals surface area (Å²) in [6.45, 7) is 0. The van der Waals surface area contributed by atoms with Crippen LogP contribution in [0.3, 0.4) is 0 Å². The minimum Gasteiger partial charge on any atom is -0.497 e. The van der Waals surface area contributed by atoms with Crippen LogP contribution in [0.15, 0.2) is 42.5 Å². The summed E-state index contributed by atoms with van der Waals surface area (Å²) in [6, 6.07) is 13.2. The number of aromatic amines is 1. The molecule has 0 fully saturated rings. The topological polar surface area (TPSA) is 82.7 Å². The highest BCUT2D eigenvalue weighted by molar-refractivity contribution is 5.81. The van der Waals surface area contributed by atoms with Gasteiger partial charge in [0.15, 0.2) is 11.5 Å². The fourth-order valence-corrected chi connectivity index (χ4v) is 3.58. The number of para-hydroxylation sites is 1. The molecule has 0 amide bonds. The van der Waals surface area contributed by atoms with Gasteiger partial charge in [-0.05, 0) is 30.3 Å². The van der Waals surface area contributed by atoms with E-state index in [-0.39, 0.29) is 24.2 Å². The molecule has 0 unspecified atom stereocenters. The lowest BCUT2D eigenvalue weighted by molar-refractivity contribution is -0.135. The Morgan fingerprint density at radius 2 is 1.82 bits per heavy atom. The summed E-state index contributed by atoms with van der Waals surface area (Å²) >= 11 is 0. The van der Waals surface area contributed by atoms with E-state index in [0.29, 0.717) is 11.5 Å². The Morgan fingerprint density at radius 1 is 1.04 bits per heavy atom. The van der Waals surface area contributed by atoms with Crippen LogP contribution in [0.25, 0.3) is 11.3 Å². The predicted molar refractivity (Wildman–Crippen MR) is 102 cm³/mol. The van der Waals surface area contributed by atoms with Crippen LogP contribution >= 0.6 is 0 Å². The number of aromatic nitrogens is 2. The maximum absolute atomic E-state index is 12.2. The second-order valence-corrected chi connectivity index (χ2v) is 6.36. The first-order valence-corrected chi connectivity index (χ1v) is 8.80. The number of nitrogens with one attached hydrogen (secondary N) is 1. The lowest BCUT2D eigenvalue weighted by Crippen LogP contribution is -2.21. The van der Waals surface area contributed by atoms with Crippen LogP contribution in [0.4, 0.5) is 0 Å². The largest absolute Gasteiger partial charge is 0.497 e. The first kappa shape index (κ1) is 17.9. The Morgan fingerprint density at radius 3 is 2.50 bits per heavy atom. The van der Waals surface area contributed by atoms with Crippen LogP contribution in [0.1, 0.15) is 23.5 Å². The molecule has 0 bridgehead atoms. The van der Waals surface area contributed by atoms with Crippen molar-refractivity contribution in [1.29, 1.82) is 0 Å². The molecule has 28 heavy (non-hydrogen) atoms. The summed E-state index contributed by atoms with van der Waals surface area (Å²) in [5.41, 5.74) is 3.37. The van der Waals surface area contributed by atoms with Crippen LogP contribution in [0.5, 0.6) is 23.1 Å². The normalized spacial score (nSPS) is 15.5. The molecule has 1 aromatic heterocycles. The molecule has 1 atom stereocenters. The maximum Gasteiger partial charge on any atom is 0.313 e. The Bertz CT molecular complexity index is 1010. The van der Waals surface area contributed by atoms with E-state index in [0.717, 1.165) is 28.1 Å². The van der Waals surface area contributed by atoms with E-state index in [2.05, 4.69) is 10.2 Å². The molecule has 0 spiro atoms. The van der Waals surface area contributed by atoms with E-state index < -0.39 is 0 Å². The second kappa shape index (κ2) is 7.26. The molecular weight excluding hydrogens is 360 g/mol. The third-order valence-electron chi connectivity index (χ3n) is 4.89. The number of hydrogen-bond acceptors (Lipinski definition) is 6. The summed E-state index contributed by atoms with van der Waals surface area (Å²) in [7, 11) is 4.80. The van der Waals surface area contributed by atoms with E-state index in [9.17, 15) is 4.79 Å². The number of nitrogens with zero attached hydrogens (tertiary/aromatic N) is 1. The molecule has 0 saturated heterocycles.